The molecule has 8 rings (SSSR count). The van der Waals surface area contributed by atoms with Crippen LogP contribution in [-0.2, 0) is 15.8 Å². The van der Waals surface area contributed by atoms with E-state index in [0.29, 0.717) is 11.9 Å². The molecule has 0 saturated carbocycles. The molecule has 5 aromatic carbocycles. The minimum atomic E-state index is -2.13. The molecule has 43 heavy (non-hydrogen) atoms. The van der Waals surface area contributed by atoms with Crippen molar-refractivity contribution < 1.29 is 31.8 Å². The zero-order chi connectivity index (χ0) is 30.0. The average Bonchev–Trinajstić information content (AvgIpc) is 3.45. The van der Waals surface area contributed by atoms with Crippen LogP contribution < -0.4 is 9.64 Å². The highest BCUT2D eigenvalue weighted by Crippen LogP contribution is 2.59. The summed E-state index contributed by atoms with van der Waals surface area (Å²) in [6, 6.07) is 22.0. The zero-order valence-corrected chi connectivity index (χ0v) is 23.3. The van der Waals surface area contributed by atoms with Gasteiger partial charge in [-0.1, -0.05) is 61.9 Å². The van der Waals surface area contributed by atoms with Gasteiger partial charge in [-0.15, -0.1) is 0 Å². The van der Waals surface area contributed by atoms with Crippen molar-refractivity contribution in [1.29, 1.82) is 0 Å². The second-order valence-electron chi connectivity index (χ2n) is 12.0. The molecule has 5 aromatic rings. The van der Waals surface area contributed by atoms with Crippen molar-refractivity contribution in [1.82, 2.24) is 0 Å². The van der Waals surface area contributed by atoms with Crippen LogP contribution in [0.15, 0.2) is 72.8 Å². The van der Waals surface area contributed by atoms with Crippen molar-refractivity contribution in [3.63, 3.8) is 0 Å². The number of nitrogens with zero attached hydrogens (tertiary/aromatic N) is 1. The fourth-order valence-electron chi connectivity index (χ4n) is 6.94. The molecule has 0 bridgehead atoms. The van der Waals surface area contributed by atoms with Gasteiger partial charge in [-0.2, -0.15) is 0 Å². The monoisotopic (exact) mass is 581 g/mol. The molecule has 3 aliphatic heterocycles. The van der Waals surface area contributed by atoms with E-state index in [1.54, 1.807) is 42.5 Å². The van der Waals surface area contributed by atoms with Gasteiger partial charge in [0.05, 0.1) is 5.56 Å². The van der Waals surface area contributed by atoms with Gasteiger partial charge >= 0.3 is 5.97 Å². The highest BCUT2D eigenvalue weighted by atomic mass is 19.2. The van der Waals surface area contributed by atoms with Crippen molar-refractivity contribution in [2.75, 3.05) is 11.4 Å². The Morgan fingerprint density at radius 3 is 2.35 bits per heavy atom. The van der Waals surface area contributed by atoms with Crippen molar-refractivity contribution >= 4 is 28.1 Å². The number of fused-ring (bicyclic) bond motifs is 9. The first-order valence-electron chi connectivity index (χ1n) is 13.9. The summed E-state index contributed by atoms with van der Waals surface area (Å²) in [7, 11) is 0. The maximum atomic E-state index is 15.8. The van der Waals surface area contributed by atoms with Crippen LogP contribution in [-0.4, -0.2) is 12.5 Å². The lowest BCUT2D eigenvalue weighted by Gasteiger charge is -2.37. The predicted molar refractivity (Wildman–Crippen MR) is 153 cm³/mol. The molecule has 1 spiro atoms. The lowest BCUT2D eigenvalue weighted by molar-refractivity contribution is 0.0216. The molecule has 0 amide bonds. The van der Waals surface area contributed by atoms with Crippen molar-refractivity contribution in [2.45, 2.75) is 31.8 Å². The summed E-state index contributed by atoms with van der Waals surface area (Å²) >= 11 is 0. The van der Waals surface area contributed by atoms with Crippen molar-refractivity contribution in [2.24, 2.45) is 0 Å². The van der Waals surface area contributed by atoms with Crippen LogP contribution >= 0.6 is 0 Å². The fraction of sp³-hybridized carbons (Fsp3) is 0.171. The number of halogens is 4. The largest absolute Gasteiger partial charge is 0.456 e. The number of anilines is 2. The number of rotatable bonds is 1. The topological polar surface area (TPSA) is 38.8 Å². The molecule has 1 atom stereocenters. The maximum Gasteiger partial charge on any atom is 0.343 e. The number of carbonyl (C=O) groups excluding carboxylic acids is 1. The Bertz CT molecular complexity index is 2090. The van der Waals surface area contributed by atoms with Gasteiger partial charge in [-0.25, -0.2) is 22.4 Å². The predicted octanol–water partition coefficient (Wildman–Crippen LogP) is 8.70. The van der Waals surface area contributed by atoms with Crippen LogP contribution in [0.25, 0.3) is 10.8 Å². The summed E-state index contributed by atoms with van der Waals surface area (Å²) in [5.41, 5.74) is 0.471. The van der Waals surface area contributed by atoms with Gasteiger partial charge in [-0.05, 0) is 42.1 Å². The Hall–Kier alpha value is -4.85. The molecule has 0 saturated heterocycles. The molecule has 4 nitrogen and oxygen atoms in total. The molecular formula is C35H23F4NO3. The van der Waals surface area contributed by atoms with Gasteiger partial charge in [0.25, 0.3) is 0 Å². The molecule has 0 aliphatic carbocycles. The fourth-order valence-corrected chi connectivity index (χ4v) is 6.94. The standard InChI is InChI=1S/C35H23F4NO3/c1-17-8-13-24-23(14-17)34(2,3)16-40(24)19-10-12-21-25(15-19)42-32-20-7-5-4-6-18(20)9-11-22(32)35(21)27-26(33(41)43-35)28(36)30(38)31(39)29(27)37/h4-15H,16H2,1-3H3. The number of ether oxygens (including phenoxy) is 2. The van der Waals surface area contributed by atoms with Crippen molar-refractivity contribution in [3.8, 4) is 11.5 Å². The third kappa shape index (κ3) is 3.23. The first-order chi connectivity index (χ1) is 20.5. The second kappa shape index (κ2) is 8.37. The van der Waals surface area contributed by atoms with E-state index in [-0.39, 0.29) is 28.0 Å². The van der Waals surface area contributed by atoms with Crippen LogP contribution in [0.4, 0.5) is 28.9 Å². The quantitative estimate of drug-likeness (QED) is 0.0859. The van der Waals surface area contributed by atoms with E-state index < -0.39 is 46.0 Å². The molecule has 0 fully saturated rings. The number of aryl methyl sites for hydroxylation is 1. The van der Waals surface area contributed by atoms with E-state index in [0.717, 1.165) is 22.3 Å². The van der Waals surface area contributed by atoms with E-state index in [9.17, 15) is 13.6 Å². The van der Waals surface area contributed by atoms with Crippen LogP contribution in [0.5, 0.6) is 11.5 Å². The number of esters is 1. The summed E-state index contributed by atoms with van der Waals surface area (Å²) in [5, 5.41) is 1.40. The third-order valence-electron chi connectivity index (χ3n) is 8.92. The Kier molecular flexibility index (Phi) is 5.03. The molecule has 0 N–H and O–H groups in total. The minimum Gasteiger partial charge on any atom is -0.456 e. The molecule has 0 aromatic heterocycles. The molecule has 1 unspecified atom stereocenters. The second-order valence-corrected chi connectivity index (χ2v) is 12.0. The Balaban J connectivity index is 1.42. The molecule has 0 radical (unpaired) electrons. The molecule has 3 aliphatic rings. The van der Waals surface area contributed by atoms with E-state index in [2.05, 4.69) is 30.9 Å². The summed E-state index contributed by atoms with van der Waals surface area (Å²) in [6.45, 7) is 7.04. The normalized spacial score (nSPS) is 19.1. The SMILES string of the molecule is Cc1ccc2c(c1)C(C)(C)CN2c1ccc2c(c1)Oc1c(ccc3ccccc13)C21OC(=O)c2c(F)c(F)c(F)c(F)c21. The summed E-state index contributed by atoms with van der Waals surface area (Å²) < 4.78 is 72.5. The minimum absolute atomic E-state index is 0.162. The third-order valence-corrected chi connectivity index (χ3v) is 8.92. The van der Waals surface area contributed by atoms with E-state index >= 15 is 8.78 Å². The first-order valence-corrected chi connectivity index (χ1v) is 13.9. The van der Waals surface area contributed by atoms with Gasteiger partial charge in [0.1, 0.15) is 17.1 Å². The number of hydrogen-bond acceptors (Lipinski definition) is 4. The van der Waals surface area contributed by atoms with Crippen molar-refractivity contribution in [3.05, 3.63) is 129 Å². The molecule has 3 heterocycles. The Labute approximate surface area is 244 Å². The lowest BCUT2D eigenvalue weighted by atomic mass is 9.76. The van der Waals surface area contributed by atoms with E-state index in [1.807, 2.05) is 25.1 Å². The van der Waals surface area contributed by atoms with Crippen LogP contribution in [0.1, 0.15) is 52.0 Å². The molecular weight excluding hydrogens is 558 g/mol. The van der Waals surface area contributed by atoms with Gasteiger partial charge in [-0.3, -0.25) is 0 Å². The van der Waals surface area contributed by atoms with Crippen LogP contribution in [0, 0.1) is 30.2 Å². The maximum absolute atomic E-state index is 15.8. The Morgan fingerprint density at radius 1 is 0.791 bits per heavy atom. The average molecular weight is 582 g/mol. The van der Waals surface area contributed by atoms with E-state index in [1.165, 1.54) is 5.56 Å². The van der Waals surface area contributed by atoms with Gasteiger partial charge in [0, 0.05) is 45.9 Å². The number of carbonyl (C=O) groups is 1. The Morgan fingerprint density at radius 2 is 1.53 bits per heavy atom. The van der Waals surface area contributed by atoms with Gasteiger partial charge in [0.15, 0.2) is 28.9 Å². The summed E-state index contributed by atoms with van der Waals surface area (Å²) in [4.78, 5) is 15.4. The van der Waals surface area contributed by atoms with Crippen LogP contribution in [0.3, 0.4) is 0 Å². The first kappa shape index (κ1) is 25.8. The number of benzene rings is 5. The smallest absolute Gasteiger partial charge is 0.343 e. The van der Waals surface area contributed by atoms with E-state index in [4.69, 9.17) is 9.47 Å². The van der Waals surface area contributed by atoms with Crippen LogP contribution in [0.2, 0.25) is 0 Å². The highest BCUT2D eigenvalue weighted by Gasteiger charge is 2.58. The van der Waals surface area contributed by atoms with Gasteiger partial charge in [0.2, 0.25) is 0 Å². The van der Waals surface area contributed by atoms with Gasteiger partial charge < -0.3 is 14.4 Å². The summed E-state index contributed by atoms with van der Waals surface area (Å²) in [5.74, 6) is -8.43. The zero-order valence-electron chi connectivity index (χ0n) is 23.3. The molecule has 8 heteroatoms. The summed E-state index contributed by atoms with van der Waals surface area (Å²) in [6.07, 6.45) is 0. The highest BCUT2D eigenvalue weighted by molar-refractivity contribution is 5.99. The number of hydrogen-bond donors (Lipinski definition) is 0. The lowest BCUT2D eigenvalue weighted by Crippen LogP contribution is -2.34. The molecule has 214 valence electrons.